The minimum Gasteiger partial charge on any atom is -0.365 e. The monoisotopic (exact) mass is 328 g/mol. The molecule has 0 bridgehead atoms. The maximum atomic E-state index is 11.8. The van der Waals surface area contributed by atoms with Crippen LogP contribution in [-0.4, -0.2) is 17.7 Å². The molecule has 1 aliphatic carbocycles. The quantitative estimate of drug-likeness (QED) is 0.786. The van der Waals surface area contributed by atoms with Gasteiger partial charge in [-0.2, -0.15) is 0 Å². The van der Waals surface area contributed by atoms with E-state index < -0.39 is 5.91 Å². The molecule has 2 rings (SSSR count). The van der Waals surface area contributed by atoms with Gasteiger partial charge in [-0.3, -0.25) is 9.59 Å². The van der Waals surface area contributed by atoms with Gasteiger partial charge in [0.25, 0.3) is 5.91 Å². The van der Waals surface area contributed by atoms with Crippen molar-refractivity contribution in [3.63, 3.8) is 0 Å². The first-order valence-corrected chi connectivity index (χ1v) is 8.72. The fourth-order valence-corrected chi connectivity index (χ4v) is 4.49. The molecule has 1 aromatic heterocycles. The van der Waals surface area contributed by atoms with E-state index in [1.165, 1.54) is 29.1 Å². The van der Waals surface area contributed by atoms with Crippen molar-refractivity contribution in [3.05, 3.63) is 16.0 Å². The molecular weight excluding hydrogens is 308 g/mol. The molecule has 4 nitrogen and oxygen atoms in total. The highest BCUT2D eigenvalue weighted by molar-refractivity contribution is 7.17. The number of hydrogen-bond donors (Lipinski definition) is 2. The van der Waals surface area contributed by atoms with Gasteiger partial charge in [0.05, 0.1) is 5.56 Å². The Hall–Kier alpha value is -1.07. The van der Waals surface area contributed by atoms with Crippen molar-refractivity contribution in [3.8, 4) is 0 Å². The highest BCUT2D eigenvalue weighted by Crippen LogP contribution is 2.40. The largest absolute Gasteiger partial charge is 0.365 e. The second-order valence-corrected chi connectivity index (χ2v) is 6.94. The van der Waals surface area contributed by atoms with E-state index >= 15 is 0 Å². The number of hydrogen-bond acceptors (Lipinski definition) is 3. The molecule has 6 heteroatoms. The van der Waals surface area contributed by atoms with Crippen LogP contribution < -0.4 is 11.1 Å². The Balaban J connectivity index is 2.26. The van der Waals surface area contributed by atoms with Crippen molar-refractivity contribution in [2.75, 3.05) is 11.2 Å². The van der Waals surface area contributed by atoms with Gasteiger partial charge >= 0.3 is 0 Å². The average molecular weight is 329 g/mol. The molecule has 1 aliphatic rings. The zero-order valence-electron chi connectivity index (χ0n) is 12.2. The fourth-order valence-electron chi connectivity index (χ4n) is 2.93. The summed E-state index contributed by atoms with van der Waals surface area (Å²) in [6.07, 6.45) is 5.57. The van der Waals surface area contributed by atoms with E-state index in [1.54, 1.807) is 0 Å². The lowest BCUT2D eigenvalue weighted by atomic mass is 9.84. The fraction of sp³-hybridized carbons (Fsp3) is 0.600. The summed E-state index contributed by atoms with van der Waals surface area (Å²) in [6.45, 7) is 2.19. The van der Waals surface area contributed by atoms with Gasteiger partial charge in [-0.1, -0.05) is 19.8 Å². The molecule has 1 heterocycles. The van der Waals surface area contributed by atoms with Crippen LogP contribution in [0.4, 0.5) is 5.00 Å². The Bertz CT molecular complexity index is 542. The Labute approximate surface area is 134 Å². The number of thiophene rings is 1. The Kier molecular flexibility index (Phi) is 5.65. The van der Waals surface area contributed by atoms with Gasteiger partial charge < -0.3 is 11.1 Å². The number of rotatable bonds is 6. The number of carbonyl (C=O) groups excluding carboxylic acids is 2. The minimum absolute atomic E-state index is 0.170. The van der Waals surface area contributed by atoms with Crippen molar-refractivity contribution < 1.29 is 9.59 Å². The van der Waals surface area contributed by atoms with Crippen molar-refractivity contribution >= 4 is 39.8 Å². The SMILES string of the molecule is CCCC1CCc2c(sc(NC(=O)CCCl)c2C(N)=O)C1. The molecule has 0 saturated heterocycles. The summed E-state index contributed by atoms with van der Waals surface area (Å²) in [4.78, 5) is 24.7. The number of nitrogens with one attached hydrogen (secondary N) is 1. The second kappa shape index (κ2) is 7.27. The molecule has 0 spiro atoms. The molecule has 0 aliphatic heterocycles. The van der Waals surface area contributed by atoms with E-state index in [9.17, 15) is 9.59 Å². The lowest BCUT2D eigenvalue weighted by Gasteiger charge is -2.21. The summed E-state index contributed by atoms with van der Waals surface area (Å²) in [7, 11) is 0. The summed E-state index contributed by atoms with van der Waals surface area (Å²) in [5.41, 5.74) is 7.07. The first-order chi connectivity index (χ1) is 10.1. The van der Waals surface area contributed by atoms with Gasteiger partial charge in [0.15, 0.2) is 0 Å². The Morgan fingerprint density at radius 3 is 2.86 bits per heavy atom. The Morgan fingerprint density at radius 1 is 1.48 bits per heavy atom. The van der Waals surface area contributed by atoms with Crippen LogP contribution in [0, 0.1) is 5.92 Å². The van der Waals surface area contributed by atoms with Crippen LogP contribution in [0.1, 0.15) is 53.4 Å². The third-order valence-corrected chi connectivity index (χ3v) is 5.24. The molecule has 2 amide bonds. The summed E-state index contributed by atoms with van der Waals surface area (Å²) < 4.78 is 0. The van der Waals surface area contributed by atoms with Crippen molar-refractivity contribution in [2.45, 2.75) is 45.4 Å². The molecule has 0 aromatic carbocycles. The highest BCUT2D eigenvalue weighted by Gasteiger charge is 2.28. The third kappa shape index (κ3) is 3.77. The van der Waals surface area contributed by atoms with E-state index in [2.05, 4.69) is 12.2 Å². The molecule has 3 N–H and O–H groups in total. The van der Waals surface area contributed by atoms with Crippen LogP contribution in [0.15, 0.2) is 0 Å². The van der Waals surface area contributed by atoms with Gasteiger partial charge in [-0.25, -0.2) is 0 Å². The first-order valence-electron chi connectivity index (χ1n) is 7.36. The summed E-state index contributed by atoms with van der Waals surface area (Å²) in [5, 5.41) is 3.39. The molecule has 1 unspecified atom stereocenters. The second-order valence-electron chi connectivity index (χ2n) is 5.46. The van der Waals surface area contributed by atoms with E-state index in [0.717, 1.165) is 24.8 Å². The van der Waals surface area contributed by atoms with Crippen molar-refractivity contribution in [1.82, 2.24) is 0 Å². The zero-order chi connectivity index (χ0) is 15.4. The minimum atomic E-state index is -0.456. The van der Waals surface area contributed by atoms with Gasteiger partial charge in [0.2, 0.25) is 5.91 Å². The number of alkyl halides is 1. The number of nitrogens with two attached hydrogens (primary N) is 1. The lowest BCUT2D eigenvalue weighted by molar-refractivity contribution is -0.115. The average Bonchev–Trinajstić information content (AvgIpc) is 2.76. The van der Waals surface area contributed by atoms with Gasteiger partial charge in [-0.05, 0) is 30.7 Å². The molecular formula is C15H21ClN2O2S. The zero-order valence-corrected chi connectivity index (χ0v) is 13.8. The summed E-state index contributed by atoms with van der Waals surface area (Å²) in [6, 6.07) is 0. The van der Waals surface area contributed by atoms with Crippen molar-refractivity contribution in [1.29, 1.82) is 0 Å². The van der Waals surface area contributed by atoms with Crippen LogP contribution in [-0.2, 0) is 17.6 Å². The number of anilines is 1. The van der Waals surface area contributed by atoms with Crippen LogP contribution in [0.5, 0.6) is 0 Å². The number of carbonyl (C=O) groups is 2. The Morgan fingerprint density at radius 2 is 2.24 bits per heavy atom. The normalized spacial score (nSPS) is 17.3. The molecule has 1 atom stereocenters. The number of fused-ring (bicyclic) bond motifs is 1. The maximum absolute atomic E-state index is 11.8. The van der Waals surface area contributed by atoms with E-state index in [-0.39, 0.29) is 18.2 Å². The number of halogens is 1. The van der Waals surface area contributed by atoms with Crippen LogP contribution in [0.2, 0.25) is 0 Å². The molecule has 1 aromatic rings. The molecule has 21 heavy (non-hydrogen) atoms. The molecule has 116 valence electrons. The molecule has 0 saturated carbocycles. The molecule has 0 radical (unpaired) electrons. The summed E-state index contributed by atoms with van der Waals surface area (Å²) in [5.74, 6) is 0.314. The maximum Gasteiger partial charge on any atom is 0.251 e. The topological polar surface area (TPSA) is 72.2 Å². The van der Waals surface area contributed by atoms with Crippen LogP contribution >= 0.6 is 22.9 Å². The highest BCUT2D eigenvalue weighted by atomic mass is 35.5. The predicted octanol–water partition coefficient (Wildman–Crippen LogP) is 3.32. The van der Waals surface area contributed by atoms with Gasteiger partial charge in [0.1, 0.15) is 5.00 Å². The van der Waals surface area contributed by atoms with Gasteiger partial charge in [0, 0.05) is 17.2 Å². The van der Waals surface area contributed by atoms with E-state index in [1.807, 2.05) is 0 Å². The standard InChI is InChI=1S/C15H21ClN2O2S/c1-2-3-9-4-5-10-11(8-9)21-15(13(10)14(17)20)18-12(19)6-7-16/h9H,2-8H2,1H3,(H2,17,20)(H,18,19). The number of primary amides is 1. The van der Waals surface area contributed by atoms with Crippen molar-refractivity contribution in [2.24, 2.45) is 11.7 Å². The van der Waals surface area contributed by atoms with E-state index in [4.69, 9.17) is 17.3 Å². The van der Waals surface area contributed by atoms with Gasteiger partial charge in [-0.15, -0.1) is 22.9 Å². The van der Waals surface area contributed by atoms with E-state index in [0.29, 0.717) is 16.5 Å². The molecule has 0 fully saturated rings. The van der Waals surface area contributed by atoms with Crippen LogP contribution in [0.25, 0.3) is 0 Å². The third-order valence-electron chi connectivity index (χ3n) is 3.89. The smallest absolute Gasteiger partial charge is 0.251 e. The summed E-state index contributed by atoms with van der Waals surface area (Å²) >= 11 is 7.07. The lowest BCUT2D eigenvalue weighted by Crippen LogP contribution is -2.20. The van der Waals surface area contributed by atoms with Crippen LogP contribution in [0.3, 0.4) is 0 Å². The first kappa shape index (κ1) is 16.3. The number of amides is 2. The predicted molar refractivity (Wildman–Crippen MR) is 87.2 cm³/mol.